The average molecular weight is 273 g/mol. The predicted molar refractivity (Wildman–Crippen MR) is 78.9 cm³/mol. The Hall–Kier alpha value is -2.01. The van der Waals surface area contributed by atoms with Crippen LogP contribution in [0.15, 0.2) is 23.7 Å². The van der Waals surface area contributed by atoms with Crippen LogP contribution < -0.4 is 10.5 Å². The van der Waals surface area contributed by atoms with Crippen molar-refractivity contribution in [1.29, 1.82) is 0 Å². The molecule has 0 aliphatic rings. The first kappa shape index (κ1) is 12.0. The Bertz CT molecular complexity index is 757. The second kappa shape index (κ2) is 4.28. The van der Waals surface area contributed by atoms with E-state index in [2.05, 4.69) is 30.3 Å². The van der Waals surface area contributed by atoms with Crippen molar-refractivity contribution in [2.75, 3.05) is 12.8 Å². The molecule has 98 valence electrons. The molecule has 2 N–H and O–H groups in total. The fraction of sp³-hybridized carbons (Fsp3) is 0.214. The fourth-order valence-corrected chi connectivity index (χ4v) is 3.17. The van der Waals surface area contributed by atoms with Crippen LogP contribution in [0.1, 0.15) is 11.1 Å². The number of nitrogens with two attached hydrogens (primary N) is 1. The molecule has 0 unspecified atom stereocenters. The van der Waals surface area contributed by atoms with E-state index in [0.29, 0.717) is 5.82 Å². The summed E-state index contributed by atoms with van der Waals surface area (Å²) in [6, 6.07) is 4.08. The molecule has 0 saturated carbocycles. The van der Waals surface area contributed by atoms with Crippen LogP contribution in [-0.2, 0) is 0 Å². The molecule has 2 heterocycles. The summed E-state index contributed by atoms with van der Waals surface area (Å²) >= 11 is 1.59. The number of fused-ring (bicyclic) bond motifs is 1. The van der Waals surface area contributed by atoms with Crippen LogP contribution in [0.4, 0.5) is 5.82 Å². The maximum atomic E-state index is 5.75. The molecule has 0 bridgehead atoms. The van der Waals surface area contributed by atoms with E-state index in [1.54, 1.807) is 18.4 Å². The second-order valence-corrected chi connectivity index (χ2v) is 5.34. The Kier molecular flexibility index (Phi) is 2.71. The molecular formula is C14H15N3OS. The summed E-state index contributed by atoms with van der Waals surface area (Å²) in [5.74, 6) is 1.47. The SMILES string of the molecule is COc1ccc(-c2csc3nc(N)cn23)c(C)c1C. The van der Waals surface area contributed by atoms with Gasteiger partial charge in [-0.15, -0.1) is 11.3 Å². The molecule has 0 radical (unpaired) electrons. The summed E-state index contributed by atoms with van der Waals surface area (Å²) in [6.45, 7) is 4.18. The molecule has 3 rings (SSSR count). The molecule has 0 atom stereocenters. The highest BCUT2D eigenvalue weighted by molar-refractivity contribution is 7.15. The number of rotatable bonds is 2. The number of hydrogen-bond acceptors (Lipinski definition) is 4. The Morgan fingerprint density at radius 3 is 2.79 bits per heavy atom. The largest absolute Gasteiger partial charge is 0.496 e. The van der Waals surface area contributed by atoms with E-state index < -0.39 is 0 Å². The van der Waals surface area contributed by atoms with Gasteiger partial charge < -0.3 is 10.5 Å². The summed E-state index contributed by atoms with van der Waals surface area (Å²) in [5, 5.41) is 2.11. The third kappa shape index (κ3) is 1.77. The number of ether oxygens (including phenoxy) is 1. The first-order valence-electron chi connectivity index (χ1n) is 5.98. The normalized spacial score (nSPS) is 11.1. The molecule has 19 heavy (non-hydrogen) atoms. The van der Waals surface area contributed by atoms with Crippen LogP contribution in [0, 0.1) is 13.8 Å². The van der Waals surface area contributed by atoms with E-state index in [1.807, 2.05) is 16.7 Å². The highest BCUT2D eigenvalue weighted by Crippen LogP contribution is 2.33. The Morgan fingerprint density at radius 1 is 1.26 bits per heavy atom. The zero-order valence-corrected chi connectivity index (χ0v) is 11.9. The summed E-state index contributed by atoms with van der Waals surface area (Å²) in [4.78, 5) is 5.20. The minimum absolute atomic E-state index is 0.552. The molecule has 3 aromatic rings. The fourth-order valence-electron chi connectivity index (χ4n) is 2.29. The first-order chi connectivity index (χ1) is 9.11. The number of benzene rings is 1. The highest BCUT2D eigenvalue weighted by Gasteiger charge is 2.13. The maximum absolute atomic E-state index is 5.75. The number of anilines is 1. The first-order valence-corrected chi connectivity index (χ1v) is 6.86. The van der Waals surface area contributed by atoms with E-state index in [4.69, 9.17) is 10.5 Å². The lowest BCUT2D eigenvalue weighted by molar-refractivity contribution is 0.411. The van der Waals surface area contributed by atoms with Gasteiger partial charge in [-0.05, 0) is 37.1 Å². The standard InChI is InChI=1S/C14H15N3OS/c1-8-9(2)12(18-3)5-4-10(8)11-7-19-14-16-13(15)6-17(11)14/h4-7H,15H2,1-3H3. The van der Waals surface area contributed by atoms with Crippen molar-refractivity contribution in [3.63, 3.8) is 0 Å². The molecule has 0 fully saturated rings. The van der Waals surface area contributed by atoms with Crippen molar-refractivity contribution >= 4 is 22.1 Å². The lowest BCUT2D eigenvalue weighted by Gasteiger charge is -2.12. The van der Waals surface area contributed by atoms with Crippen LogP contribution in [0.25, 0.3) is 16.2 Å². The van der Waals surface area contributed by atoms with Crippen molar-refractivity contribution in [2.24, 2.45) is 0 Å². The summed E-state index contributed by atoms with van der Waals surface area (Å²) < 4.78 is 7.39. The molecule has 0 aliphatic heterocycles. The zero-order chi connectivity index (χ0) is 13.6. The lowest BCUT2D eigenvalue weighted by Crippen LogP contribution is -1.94. The Labute approximate surface area is 115 Å². The van der Waals surface area contributed by atoms with Gasteiger partial charge in [0.15, 0.2) is 4.96 Å². The van der Waals surface area contributed by atoms with Gasteiger partial charge in [-0.1, -0.05) is 0 Å². The minimum Gasteiger partial charge on any atom is -0.496 e. The molecule has 5 heteroatoms. The summed E-state index contributed by atoms with van der Waals surface area (Å²) in [6.07, 6.45) is 1.86. The van der Waals surface area contributed by atoms with Gasteiger partial charge in [-0.2, -0.15) is 0 Å². The van der Waals surface area contributed by atoms with E-state index >= 15 is 0 Å². The number of nitrogens with zero attached hydrogens (tertiary/aromatic N) is 2. The molecule has 0 aliphatic carbocycles. The quantitative estimate of drug-likeness (QED) is 0.779. The zero-order valence-electron chi connectivity index (χ0n) is 11.1. The maximum Gasteiger partial charge on any atom is 0.196 e. The van der Waals surface area contributed by atoms with Gasteiger partial charge in [0, 0.05) is 10.9 Å². The minimum atomic E-state index is 0.552. The van der Waals surface area contributed by atoms with Crippen molar-refractivity contribution in [3.05, 3.63) is 34.8 Å². The third-order valence-electron chi connectivity index (χ3n) is 3.46. The second-order valence-electron chi connectivity index (χ2n) is 4.50. The third-order valence-corrected chi connectivity index (χ3v) is 4.30. The summed E-state index contributed by atoms with van der Waals surface area (Å²) in [7, 11) is 1.70. The highest BCUT2D eigenvalue weighted by atomic mass is 32.1. The molecular weight excluding hydrogens is 258 g/mol. The van der Waals surface area contributed by atoms with Crippen molar-refractivity contribution in [3.8, 4) is 17.0 Å². The van der Waals surface area contributed by atoms with Crippen molar-refractivity contribution < 1.29 is 4.74 Å². The van der Waals surface area contributed by atoms with Crippen molar-refractivity contribution in [2.45, 2.75) is 13.8 Å². The molecule has 0 amide bonds. The topological polar surface area (TPSA) is 52.5 Å². The Balaban J connectivity index is 2.24. The average Bonchev–Trinajstić information content (AvgIpc) is 2.92. The molecule has 0 spiro atoms. The van der Waals surface area contributed by atoms with E-state index in [-0.39, 0.29) is 0 Å². The van der Waals surface area contributed by atoms with E-state index in [9.17, 15) is 0 Å². The van der Waals surface area contributed by atoms with Crippen LogP contribution in [0.5, 0.6) is 5.75 Å². The molecule has 1 aromatic carbocycles. The van der Waals surface area contributed by atoms with Crippen LogP contribution >= 0.6 is 11.3 Å². The molecule has 0 saturated heterocycles. The van der Waals surface area contributed by atoms with Crippen LogP contribution in [0.2, 0.25) is 0 Å². The van der Waals surface area contributed by atoms with Gasteiger partial charge in [-0.25, -0.2) is 4.98 Å². The van der Waals surface area contributed by atoms with Gasteiger partial charge in [0.05, 0.1) is 19.0 Å². The number of hydrogen-bond donors (Lipinski definition) is 1. The lowest BCUT2D eigenvalue weighted by atomic mass is 10.0. The Morgan fingerprint density at radius 2 is 2.05 bits per heavy atom. The van der Waals surface area contributed by atoms with Gasteiger partial charge in [0.2, 0.25) is 0 Å². The van der Waals surface area contributed by atoms with Gasteiger partial charge >= 0.3 is 0 Å². The van der Waals surface area contributed by atoms with Gasteiger partial charge in [-0.3, -0.25) is 4.40 Å². The molecule has 4 nitrogen and oxygen atoms in total. The smallest absolute Gasteiger partial charge is 0.196 e. The van der Waals surface area contributed by atoms with Gasteiger partial charge in [0.25, 0.3) is 0 Å². The number of thiazole rings is 1. The van der Waals surface area contributed by atoms with E-state index in [0.717, 1.165) is 22.0 Å². The number of imidazole rings is 1. The number of nitrogen functional groups attached to an aromatic ring is 1. The van der Waals surface area contributed by atoms with Crippen LogP contribution in [0.3, 0.4) is 0 Å². The summed E-state index contributed by atoms with van der Waals surface area (Å²) in [5.41, 5.74) is 10.4. The van der Waals surface area contributed by atoms with Crippen molar-refractivity contribution in [1.82, 2.24) is 9.38 Å². The monoisotopic (exact) mass is 273 g/mol. The van der Waals surface area contributed by atoms with Gasteiger partial charge in [0.1, 0.15) is 11.6 Å². The molecule has 2 aromatic heterocycles. The van der Waals surface area contributed by atoms with E-state index in [1.165, 1.54) is 11.1 Å². The predicted octanol–water partition coefficient (Wildman–Crippen LogP) is 3.27. The number of methoxy groups -OCH3 is 1. The van der Waals surface area contributed by atoms with Crippen LogP contribution in [-0.4, -0.2) is 16.5 Å². The number of aromatic nitrogens is 2.